The van der Waals surface area contributed by atoms with Crippen molar-refractivity contribution in [1.82, 2.24) is 4.90 Å². The Morgan fingerprint density at radius 1 is 0.926 bits per heavy atom. The summed E-state index contributed by atoms with van der Waals surface area (Å²) >= 11 is 0. The number of fused-ring (bicyclic) bond motifs is 1. The number of piperidine rings is 1. The zero-order chi connectivity index (χ0) is 19.0. The van der Waals surface area contributed by atoms with Gasteiger partial charge in [-0.05, 0) is 48.6 Å². The monoisotopic (exact) mass is 362 g/mol. The Morgan fingerprint density at radius 3 is 2.04 bits per heavy atom. The molecule has 0 saturated carbocycles. The number of amides is 3. The van der Waals surface area contributed by atoms with Gasteiger partial charge in [0.05, 0.1) is 23.2 Å². The van der Waals surface area contributed by atoms with E-state index in [1.165, 1.54) is 4.90 Å². The van der Waals surface area contributed by atoms with Gasteiger partial charge in [-0.2, -0.15) is 0 Å². The lowest BCUT2D eigenvalue weighted by Gasteiger charge is -2.30. The Labute approximate surface area is 158 Å². The highest BCUT2D eigenvalue weighted by molar-refractivity contribution is 6.34. The molecule has 2 aromatic rings. The van der Waals surface area contributed by atoms with Crippen LogP contribution in [0.4, 0.5) is 5.69 Å². The summed E-state index contributed by atoms with van der Waals surface area (Å²) in [4.78, 5) is 40.7. The summed E-state index contributed by atoms with van der Waals surface area (Å²) in [5.41, 5.74) is 2.28. The standard InChI is InChI=1S/C22H22N2O3/c1-15-10-12-23(13-11-15)20(25)14-16-6-8-17(9-7-16)24-21(26)18-4-2-3-5-19(18)22(24)27/h2-9,15H,10-14H2,1H3. The molecule has 4 rings (SSSR count). The van der Waals surface area contributed by atoms with Gasteiger partial charge in [-0.1, -0.05) is 31.2 Å². The largest absolute Gasteiger partial charge is 0.342 e. The van der Waals surface area contributed by atoms with E-state index in [4.69, 9.17) is 0 Å². The topological polar surface area (TPSA) is 57.7 Å². The van der Waals surface area contributed by atoms with Crippen LogP contribution in [-0.4, -0.2) is 35.7 Å². The molecule has 0 radical (unpaired) electrons. The number of hydrogen-bond donors (Lipinski definition) is 0. The molecule has 2 aliphatic heterocycles. The maximum Gasteiger partial charge on any atom is 0.266 e. The number of carbonyl (C=O) groups is 3. The number of likely N-dealkylation sites (tertiary alicyclic amines) is 1. The molecule has 0 aliphatic carbocycles. The van der Waals surface area contributed by atoms with Gasteiger partial charge in [0, 0.05) is 13.1 Å². The minimum absolute atomic E-state index is 0.135. The van der Waals surface area contributed by atoms with Gasteiger partial charge in [0.2, 0.25) is 5.91 Å². The molecule has 2 aromatic carbocycles. The molecular formula is C22H22N2O3. The van der Waals surface area contributed by atoms with Crippen LogP contribution in [0.25, 0.3) is 0 Å². The highest BCUT2D eigenvalue weighted by Crippen LogP contribution is 2.28. The predicted molar refractivity (Wildman–Crippen MR) is 103 cm³/mol. The van der Waals surface area contributed by atoms with Crippen LogP contribution in [0.1, 0.15) is 46.0 Å². The van der Waals surface area contributed by atoms with E-state index in [-0.39, 0.29) is 17.7 Å². The van der Waals surface area contributed by atoms with Crippen LogP contribution >= 0.6 is 0 Å². The zero-order valence-electron chi connectivity index (χ0n) is 15.4. The summed E-state index contributed by atoms with van der Waals surface area (Å²) in [7, 11) is 0. The van der Waals surface area contributed by atoms with Crippen molar-refractivity contribution >= 4 is 23.4 Å². The minimum atomic E-state index is -0.304. The molecule has 5 nitrogen and oxygen atoms in total. The van der Waals surface area contributed by atoms with Crippen LogP contribution in [0.5, 0.6) is 0 Å². The molecule has 0 spiro atoms. The first-order chi connectivity index (χ1) is 13.0. The molecular weight excluding hydrogens is 340 g/mol. The average molecular weight is 362 g/mol. The fraction of sp³-hybridized carbons (Fsp3) is 0.318. The maximum atomic E-state index is 12.5. The second-order valence-corrected chi connectivity index (χ2v) is 7.40. The van der Waals surface area contributed by atoms with Gasteiger partial charge in [-0.3, -0.25) is 14.4 Å². The molecule has 0 bridgehead atoms. The number of imide groups is 1. The molecule has 5 heteroatoms. The fourth-order valence-electron chi connectivity index (χ4n) is 3.73. The van der Waals surface area contributed by atoms with Crippen molar-refractivity contribution in [2.24, 2.45) is 5.92 Å². The van der Waals surface area contributed by atoms with Crippen LogP contribution in [0.15, 0.2) is 48.5 Å². The van der Waals surface area contributed by atoms with Gasteiger partial charge in [-0.15, -0.1) is 0 Å². The Morgan fingerprint density at radius 2 is 1.48 bits per heavy atom. The van der Waals surface area contributed by atoms with E-state index in [0.717, 1.165) is 31.5 Å². The summed E-state index contributed by atoms with van der Waals surface area (Å²) in [6.45, 7) is 3.88. The Hall–Kier alpha value is -2.95. The number of anilines is 1. The first-order valence-electron chi connectivity index (χ1n) is 9.39. The molecule has 1 saturated heterocycles. The summed E-state index contributed by atoms with van der Waals surface area (Å²) in [6, 6.07) is 14.0. The van der Waals surface area contributed by atoms with E-state index in [0.29, 0.717) is 29.2 Å². The molecule has 1 fully saturated rings. The number of carbonyl (C=O) groups excluding carboxylic acids is 3. The van der Waals surface area contributed by atoms with Gasteiger partial charge in [0.15, 0.2) is 0 Å². The highest BCUT2D eigenvalue weighted by atomic mass is 16.2. The fourth-order valence-corrected chi connectivity index (χ4v) is 3.73. The molecule has 138 valence electrons. The van der Waals surface area contributed by atoms with Crippen molar-refractivity contribution in [1.29, 1.82) is 0 Å². The third-order valence-corrected chi connectivity index (χ3v) is 5.48. The van der Waals surface area contributed by atoms with Crippen molar-refractivity contribution in [2.45, 2.75) is 26.2 Å². The van der Waals surface area contributed by atoms with E-state index in [1.807, 2.05) is 17.0 Å². The zero-order valence-corrected chi connectivity index (χ0v) is 15.4. The van der Waals surface area contributed by atoms with Crippen LogP contribution in [0.3, 0.4) is 0 Å². The predicted octanol–water partition coefficient (Wildman–Crippen LogP) is 3.29. The SMILES string of the molecule is CC1CCN(C(=O)Cc2ccc(N3C(=O)c4ccccc4C3=O)cc2)CC1. The Bertz CT molecular complexity index is 861. The second kappa shape index (κ2) is 6.99. The smallest absolute Gasteiger partial charge is 0.266 e. The minimum Gasteiger partial charge on any atom is -0.342 e. The molecule has 2 aliphatic rings. The molecule has 0 unspecified atom stereocenters. The van der Waals surface area contributed by atoms with E-state index in [9.17, 15) is 14.4 Å². The number of hydrogen-bond acceptors (Lipinski definition) is 3. The van der Waals surface area contributed by atoms with Crippen LogP contribution < -0.4 is 4.90 Å². The van der Waals surface area contributed by atoms with Crippen LogP contribution in [-0.2, 0) is 11.2 Å². The number of benzene rings is 2. The van der Waals surface area contributed by atoms with E-state index < -0.39 is 0 Å². The molecule has 0 atom stereocenters. The van der Waals surface area contributed by atoms with Crippen molar-refractivity contribution < 1.29 is 14.4 Å². The van der Waals surface area contributed by atoms with Gasteiger partial charge < -0.3 is 4.90 Å². The number of rotatable bonds is 3. The highest BCUT2D eigenvalue weighted by Gasteiger charge is 2.36. The van der Waals surface area contributed by atoms with E-state index >= 15 is 0 Å². The first kappa shape index (κ1) is 17.5. The molecule has 2 heterocycles. The Balaban J connectivity index is 1.46. The normalized spacial score (nSPS) is 17.4. The molecule has 27 heavy (non-hydrogen) atoms. The summed E-state index contributed by atoms with van der Waals surface area (Å²) in [5, 5.41) is 0. The lowest BCUT2D eigenvalue weighted by molar-refractivity contribution is -0.131. The molecule has 3 amide bonds. The summed E-state index contributed by atoms with van der Waals surface area (Å²) in [6.07, 6.45) is 2.46. The van der Waals surface area contributed by atoms with Crippen molar-refractivity contribution in [2.75, 3.05) is 18.0 Å². The van der Waals surface area contributed by atoms with Crippen molar-refractivity contribution in [3.8, 4) is 0 Å². The number of nitrogens with zero attached hydrogens (tertiary/aromatic N) is 2. The van der Waals surface area contributed by atoms with Crippen molar-refractivity contribution in [3.63, 3.8) is 0 Å². The van der Waals surface area contributed by atoms with E-state index in [2.05, 4.69) is 6.92 Å². The van der Waals surface area contributed by atoms with Gasteiger partial charge >= 0.3 is 0 Å². The lowest BCUT2D eigenvalue weighted by Crippen LogP contribution is -2.38. The van der Waals surface area contributed by atoms with E-state index in [1.54, 1.807) is 36.4 Å². The van der Waals surface area contributed by atoms with Crippen molar-refractivity contribution in [3.05, 3.63) is 65.2 Å². The third kappa shape index (κ3) is 3.25. The maximum absolute atomic E-state index is 12.5. The third-order valence-electron chi connectivity index (χ3n) is 5.48. The second-order valence-electron chi connectivity index (χ2n) is 7.40. The lowest BCUT2D eigenvalue weighted by atomic mass is 9.98. The van der Waals surface area contributed by atoms with Gasteiger partial charge in [0.25, 0.3) is 11.8 Å². The molecule has 0 N–H and O–H groups in total. The quantitative estimate of drug-likeness (QED) is 0.788. The Kier molecular flexibility index (Phi) is 4.52. The first-order valence-corrected chi connectivity index (χ1v) is 9.39. The summed E-state index contributed by atoms with van der Waals surface area (Å²) in [5.74, 6) is 0.215. The van der Waals surface area contributed by atoms with Gasteiger partial charge in [0.1, 0.15) is 0 Å². The average Bonchev–Trinajstić information content (AvgIpc) is 2.94. The van der Waals surface area contributed by atoms with Crippen LogP contribution in [0, 0.1) is 5.92 Å². The van der Waals surface area contributed by atoms with Crippen LogP contribution in [0.2, 0.25) is 0 Å². The molecule has 0 aromatic heterocycles. The summed E-state index contributed by atoms with van der Waals surface area (Å²) < 4.78 is 0. The van der Waals surface area contributed by atoms with Gasteiger partial charge in [-0.25, -0.2) is 4.90 Å².